The van der Waals surface area contributed by atoms with Crippen molar-refractivity contribution in [1.82, 2.24) is 0 Å². The average Bonchev–Trinajstić information content (AvgIpc) is 2.69. The third-order valence-corrected chi connectivity index (χ3v) is 12.3. The van der Waals surface area contributed by atoms with Crippen LogP contribution in [0.25, 0.3) is 0 Å². The number of carboxylic acid groups (broad SMARTS) is 2. The molecule has 0 radical (unpaired) electrons. The minimum atomic E-state index is -0.949. The van der Waals surface area contributed by atoms with Gasteiger partial charge in [0.2, 0.25) is 0 Å². The van der Waals surface area contributed by atoms with Crippen LogP contribution in [-0.2, 0) is 9.59 Å². The summed E-state index contributed by atoms with van der Waals surface area (Å²) in [4.78, 5) is 24.5. The molecule has 4 aliphatic carbocycles. The Labute approximate surface area is 207 Å². The predicted octanol–water partition coefficient (Wildman–Crippen LogP) is 7.57. The normalized spacial score (nSPS) is 45.9. The molecule has 0 aromatic heterocycles. The fourth-order valence-electron chi connectivity index (χ4n) is 9.79. The minimum absolute atomic E-state index is 0.0186. The molecule has 4 nitrogen and oxygen atoms in total. The van der Waals surface area contributed by atoms with Crippen LogP contribution >= 0.6 is 0 Å². The molecule has 0 aromatic rings. The topological polar surface area (TPSA) is 74.6 Å². The lowest BCUT2D eigenvalue weighted by Crippen LogP contribution is -2.63. The lowest BCUT2D eigenvalue weighted by Gasteiger charge is -2.69. The van der Waals surface area contributed by atoms with Crippen molar-refractivity contribution in [3.05, 3.63) is 11.6 Å². The van der Waals surface area contributed by atoms with Crippen molar-refractivity contribution >= 4 is 11.9 Å². The van der Waals surface area contributed by atoms with E-state index in [9.17, 15) is 19.8 Å². The fourth-order valence-corrected chi connectivity index (χ4v) is 9.79. The quantitative estimate of drug-likeness (QED) is 0.414. The third-order valence-electron chi connectivity index (χ3n) is 12.3. The fraction of sp³-hybridized carbons (Fsp3) is 0.867. The Kier molecular flexibility index (Phi) is 5.75. The first-order valence-corrected chi connectivity index (χ1v) is 13.6. The van der Waals surface area contributed by atoms with Gasteiger partial charge < -0.3 is 10.2 Å². The summed E-state index contributed by atoms with van der Waals surface area (Å²) >= 11 is 0. The third kappa shape index (κ3) is 3.44. The number of aliphatic carboxylic acids is 2. The van der Waals surface area contributed by atoms with Crippen LogP contribution in [0.5, 0.6) is 0 Å². The van der Waals surface area contributed by atoms with Crippen molar-refractivity contribution in [2.45, 2.75) is 113 Å². The zero-order chi connectivity index (χ0) is 25.5. The standard InChI is InChI=1S/C30H48O4/c1-25(2)13-14-27(5)15-16-29(7)19(20(27)17-25)9-10-22-28(6,18-23(31)32)21(11-12-30(22,29)8)26(3,4)24(33)34/h9,20-22H,10-18H2,1-8H3,(H,31,32)(H,33,34). The van der Waals surface area contributed by atoms with Crippen molar-refractivity contribution in [3.8, 4) is 0 Å². The minimum Gasteiger partial charge on any atom is -0.481 e. The van der Waals surface area contributed by atoms with Gasteiger partial charge in [-0.05, 0) is 110 Å². The lowest BCUT2D eigenvalue weighted by atomic mass is 9.35. The summed E-state index contributed by atoms with van der Waals surface area (Å²) in [6.45, 7) is 18.0. The second-order valence-electron chi connectivity index (χ2n) is 15.0. The van der Waals surface area contributed by atoms with Gasteiger partial charge in [0.25, 0.3) is 0 Å². The SMILES string of the molecule is CC1(C)CCC2(C)CCC3(C)C(=CCC4C(C)(CC(=O)O)C(C(C)(C)C(=O)O)CCC43C)C2C1. The second-order valence-corrected chi connectivity index (χ2v) is 15.0. The van der Waals surface area contributed by atoms with Gasteiger partial charge in [0.1, 0.15) is 0 Å². The summed E-state index contributed by atoms with van der Waals surface area (Å²) in [6, 6.07) is 0. The maximum atomic E-state index is 12.3. The molecule has 4 aliphatic rings. The molecule has 0 spiro atoms. The van der Waals surface area contributed by atoms with Gasteiger partial charge in [-0.15, -0.1) is 0 Å². The van der Waals surface area contributed by atoms with Crippen LogP contribution in [0.1, 0.15) is 113 Å². The van der Waals surface area contributed by atoms with Gasteiger partial charge in [-0.1, -0.05) is 53.2 Å². The van der Waals surface area contributed by atoms with E-state index in [0.717, 1.165) is 25.7 Å². The molecule has 7 unspecified atom stereocenters. The van der Waals surface area contributed by atoms with Crippen molar-refractivity contribution in [1.29, 1.82) is 0 Å². The molecule has 0 aromatic carbocycles. The van der Waals surface area contributed by atoms with E-state index in [1.807, 2.05) is 13.8 Å². The maximum Gasteiger partial charge on any atom is 0.309 e. The number of carbonyl (C=O) groups is 2. The molecule has 192 valence electrons. The monoisotopic (exact) mass is 472 g/mol. The molecular formula is C30H48O4. The number of rotatable bonds is 4. The average molecular weight is 473 g/mol. The summed E-state index contributed by atoms with van der Waals surface area (Å²) in [5.74, 6) is -1.00. The largest absolute Gasteiger partial charge is 0.481 e. The molecule has 3 saturated carbocycles. The molecule has 0 bridgehead atoms. The van der Waals surface area contributed by atoms with Gasteiger partial charge in [-0.3, -0.25) is 9.59 Å². The van der Waals surface area contributed by atoms with E-state index in [0.29, 0.717) is 16.7 Å². The highest BCUT2D eigenvalue weighted by atomic mass is 16.4. The second kappa shape index (κ2) is 7.59. The summed E-state index contributed by atoms with van der Waals surface area (Å²) in [5, 5.41) is 20.1. The van der Waals surface area contributed by atoms with Crippen LogP contribution in [0.3, 0.4) is 0 Å². The summed E-state index contributed by atoms with van der Waals surface area (Å²) < 4.78 is 0. The zero-order valence-electron chi connectivity index (χ0n) is 22.9. The smallest absolute Gasteiger partial charge is 0.309 e. The first kappa shape index (κ1) is 25.8. The Morgan fingerprint density at radius 1 is 0.971 bits per heavy atom. The molecule has 34 heavy (non-hydrogen) atoms. The summed E-state index contributed by atoms with van der Waals surface area (Å²) in [6.07, 6.45) is 11.4. The molecule has 2 N–H and O–H groups in total. The highest BCUT2D eigenvalue weighted by molar-refractivity contribution is 5.75. The van der Waals surface area contributed by atoms with Gasteiger partial charge in [-0.25, -0.2) is 0 Å². The van der Waals surface area contributed by atoms with Crippen LogP contribution < -0.4 is 0 Å². The molecule has 0 aliphatic heterocycles. The van der Waals surface area contributed by atoms with E-state index in [-0.39, 0.29) is 29.1 Å². The Morgan fingerprint density at radius 2 is 1.59 bits per heavy atom. The number of hydrogen-bond acceptors (Lipinski definition) is 2. The molecule has 7 atom stereocenters. The van der Waals surface area contributed by atoms with Crippen LogP contribution in [0.4, 0.5) is 0 Å². The number of hydrogen-bond donors (Lipinski definition) is 2. The zero-order valence-corrected chi connectivity index (χ0v) is 22.9. The van der Waals surface area contributed by atoms with Crippen molar-refractivity contribution in [2.75, 3.05) is 0 Å². The Morgan fingerprint density at radius 3 is 2.18 bits per heavy atom. The molecule has 4 rings (SSSR count). The van der Waals surface area contributed by atoms with Crippen LogP contribution in [0.2, 0.25) is 0 Å². The Balaban J connectivity index is 1.83. The van der Waals surface area contributed by atoms with Gasteiger partial charge >= 0.3 is 11.9 Å². The van der Waals surface area contributed by atoms with Crippen LogP contribution in [-0.4, -0.2) is 22.2 Å². The van der Waals surface area contributed by atoms with E-state index >= 15 is 0 Å². The van der Waals surface area contributed by atoms with E-state index in [2.05, 4.69) is 47.6 Å². The highest BCUT2D eigenvalue weighted by Crippen LogP contribution is 2.74. The molecule has 4 heteroatoms. The van der Waals surface area contributed by atoms with Crippen LogP contribution in [0, 0.1) is 50.2 Å². The van der Waals surface area contributed by atoms with Crippen molar-refractivity contribution in [2.24, 2.45) is 50.2 Å². The highest BCUT2D eigenvalue weighted by Gasteiger charge is 2.67. The molecule has 0 saturated heterocycles. The maximum absolute atomic E-state index is 12.3. The van der Waals surface area contributed by atoms with Crippen molar-refractivity contribution in [3.63, 3.8) is 0 Å². The van der Waals surface area contributed by atoms with Crippen molar-refractivity contribution < 1.29 is 19.8 Å². The van der Waals surface area contributed by atoms with E-state index in [4.69, 9.17) is 0 Å². The first-order chi connectivity index (χ1) is 15.4. The van der Waals surface area contributed by atoms with E-state index < -0.39 is 22.8 Å². The van der Waals surface area contributed by atoms with Gasteiger partial charge in [0.15, 0.2) is 0 Å². The lowest BCUT2D eigenvalue weighted by molar-refractivity contribution is -0.186. The van der Waals surface area contributed by atoms with E-state index in [1.54, 1.807) is 5.57 Å². The summed E-state index contributed by atoms with van der Waals surface area (Å²) in [7, 11) is 0. The molecule has 3 fully saturated rings. The van der Waals surface area contributed by atoms with Gasteiger partial charge in [0.05, 0.1) is 11.8 Å². The van der Waals surface area contributed by atoms with Gasteiger partial charge in [-0.2, -0.15) is 0 Å². The van der Waals surface area contributed by atoms with Crippen LogP contribution in [0.15, 0.2) is 11.6 Å². The first-order valence-electron chi connectivity index (χ1n) is 13.6. The summed E-state index contributed by atoms with van der Waals surface area (Å²) in [5.41, 5.74) is 0.911. The number of allylic oxidation sites excluding steroid dienone is 2. The number of fused-ring (bicyclic) bond motifs is 5. The predicted molar refractivity (Wildman–Crippen MR) is 135 cm³/mol. The van der Waals surface area contributed by atoms with Gasteiger partial charge in [0, 0.05) is 0 Å². The molecule has 0 heterocycles. The molecular weight excluding hydrogens is 424 g/mol. The number of carboxylic acids is 2. The Hall–Kier alpha value is -1.32. The van der Waals surface area contributed by atoms with E-state index in [1.165, 1.54) is 25.7 Å². The molecule has 0 amide bonds. The Bertz CT molecular complexity index is 915.